The van der Waals surface area contributed by atoms with Crippen LogP contribution in [0.2, 0.25) is 0 Å². The van der Waals surface area contributed by atoms with Crippen molar-refractivity contribution in [3.8, 4) is 0 Å². The Morgan fingerprint density at radius 2 is 2.17 bits per heavy atom. The van der Waals surface area contributed by atoms with Crippen LogP contribution in [-0.2, 0) is 24.5 Å². The predicted molar refractivity (Wildman–Crippen MR) is 85.8 cm³/mol. The molecule has 1 amide bonds. The number of carbonyl (C=O) groups is 1. The molecule has 2 aromatic rings. The van der Waals surface area contributed by atoms with Crippen molar-refractivity contribution in [2.45, 2.75) is 45.1 Å². The van der Waals surface area contributed by atoms with Gasteiger partial charge in [0.2, 0.25) is 0 Å². The summed E-state index contributed by atoms with van der Waals surface area (Å²) in [6.45, 7) is 2.88. The van der Waals surface area contributed by atoms with Gasteiger partial charge in [-0.3, -0.25) is 9.48 Å². The minimum absolute atomic E-state index is 0.136. The van der Waals surface area contributed by atoms with E-state index in [1.807, 2.05) is 40.0 Å². The zero-order valence-electron chi connectivity index (χ0n) is 13.1. The molecule has 1 fully saturated rings. The van der Waals surface area contributed by atoms with Gasteiger partial charge in [-0.2, -0.15) is 5.10 Å². The lowest BCUT2D eigenvalue weighted by Gasteiger charge is -2.36. The topological polar surface area (TPSA) is 47.4 Å². The highest BCUT2D eigenvalue weighted by molar-refractivity contribution is 5.94. The predicted octanol–water partition coefficient (Wildman–Crippen LogP) is 2.61. The molecule has 3 heterocycles. The molecular formula is C18H21N3O2. The Labute approximate surface area is 135 Å². The molecule has 2 aliphatic rings. The highest BCUT2D eigenvalue weighted by Crippen LogP contribution is 2.24. The molecule has 1 atom stereocenters. The standard InChI is InChI=1S/C18H21N3O2/c22-18(14-5-6-15-12-23-13-16(15)10-14)21-9-2-1-4-17(21)11-20-8-3-7-19-20/h3,5-8,10,17H,1-2,4,9,11-13H2/t17-/m0/s1. The Hall–Kier alpha value is -2.14. The van der Waals surface area contributed by atoms with Gasteiger partial charge in [-0.25, -0.2) is 0 Å². The van der Waals surface area contributed by atoms with Gasteiger partial charge in [-0.1, -0.05) is 6.07 Å². The summed E-state index contributed by atoms with van der Waals surface area (Å²) in [5, 5.41) is 4.29. The zero-order valence-corrected chi connectivity index (χ0v) is 13.1. The van der Waals surface area contributed by atoms with Crippen LogP contribution in [0.3, 0.4) is 0 Å². The third-order valence-electron chi connectivity index (χ3n) is 4.81. The van der Waals surface area contributed by atoms with Crippen molar-refractivity contribution in [2.75, 3.05) is 6.54 Å². The first-order valence-electron chi connectivity index (χ1n) is 8.29. The van der Waals surface area contributed by atoms with Crippen LogP contribution >= 0.6 is 0 Å². The van der Waals surface area contributed by atoms with Crippen molar-refractivity contribution in [3.63, 3.8) is 0 Å². The third-order valence-corrected chi connectivity index (χ3v) is 4.81. The van der Waals surface area contributed by atoms with E-state index in [2.05, 4.69) is 5.10 Å². The van der Waals surface area contributed by atoms with E-state index in [1.54, 1.807) is 6.20 Å². The fourth-order valence-corrected chi connectivity index (χ4v) is 3.55. The van der Waals surface area contributed by atoms with E-state index in [4.69, 9.17) is 4.74 Å². The first-order valence-corrected chi connectivity index (χ1v) is 8.29. The van der Waals surface area contributed by atoms with E-state index >= 15 is 0 Å². The van der Waals surface area contributed by atoms with Crippen molar-refractivity contribution in [3.05, 3.63) is 53.3 Å². The average molecular weight is 311 g/mol. The van der Waals surface area contributed by atoms with E-state index < -0.39 is 0 Å². The van der Waals surface area contributed by atoms with Crippen molar-refractivity contribution in [1.82, 2.24) is 14.7 Å². The molecule has 0 radical (unpaired) electrons. The lowest BCUT2D eigenvalue weighted by Crippen LogP contribution is -2.46. The average Bonchev–Trinajstić information content (AvgIpc) is 3.25. The van der Waals surface area contributed by atoms with Gasteiger partial charge in [0.05, 0.1) is 25.8 Å². The number of nitrogens with zero attached hydrogens (tertiary/aromatic N) is 3. The van der Waals surface area contributed by atoms with E-state index in [0.29, 0.717) is 13.2 Å². The number of likely N-dealkylation sites (tertiary alicyclic amines) is 1. The molecule has 0 N–H and O–H groups in total. The number of piperidine rings is 1. The van der Waals surface area contributed by atoms with Crippen molar-refractivity contribution in [1.29, 1.82) is 0 Å². The second-order valence-corrected chi connectivity index (χ2v) is 6.35. The first kappa shape index (κ1) is 14.5. The molecule has 2 aliphatic heterocycles. The van der Waals surface area contributed by atoms with Gasteiger partial charge in [-0.05, 0) is 48.6 Å². The minimum atomic E-state index is 0.136. The number of hydrogen-bond acceptors (Lipinski definition) is 3. The van der Waals surface area contributed by atoms with E-state index in [9.17, 15) is 4.79 Å². The maximum Gasteiger partial charge on any atom is 0.254 e. The smallest absolute Gasteiger partial charge is 0.254 e. The van der Waals surface area contributed by atoms with Crippen LogP contribution in [0.4, 0.5) is 0 Å². The Kier molecular flexibility index (Phi) is 3.87. The van der Waals surface area contributed by atoms with Crippen LogP contribution in [0.15, 0.2) is 36.7 Å². The number of amides is 1. The second-order valence-electron chi connectivity index (χ2n) is 6.35. The van der Waals surface area contributed by atoms with Crippen molar-refractivity contribution in [2.24, 2.45) is 0 Å². The number of ether oxygens (including phenoxy) is 1. The van der Waals surface area contributed by atoms with E-state index in [1.165, 1.54) is 12.0 Å². The van der Waals surface area contributed by atoms with Gasteiger partial charge in [0.25, 0.3) is 5.91 Å². The minimum Gasteiger partial charge on any atom is -0.372 e. The molecule has 5 nitrogen and oxygen atoms in total. The molecule has 0 saturated carbocycles. The molecule has 0 aliphatic carbocycles. The number of rotatable bonds is 3. The molecule has 4 rings (SSSR count). The molecular weight excluding hydrogens is 290 g/mol. The summed E-state index contributed by atoms with van der Waals surface area (Å²) in [5.74, 6) is 0.136. The number of aromatic nitrogens is 2. The summed E-state index contributed by atoms with van der Waals surface area (Å²) in [7, 11) is 0. The van der Waals surface area contributed by atoms with Gasteiger partial charge in [0.1, 0.15) is 0 Å². The monoisotopic (exact) mass is 311 g/mol. The van der Waals surface area contributed by atoms with E-state index in [-0.39, 0.29) is 11.9 Å². The van der Waals surface area contributed by atoms with Crippen LogP contribution in [0.25, 0.3) is 0 Å². The quantitative estimate of drug-likeness (QED) is 0.875. The molecule has 0 bridgehead atoms. The van der Waals surface area contributed by atoms with Crippen LogP contribution in [0, 0.1) is 0 Å². The van der Waals surface area contributed by atoms with Crippen LogP contribution in [0.1, 0.15) is 40.7 Å². The van der Waals surface area contributed by atoms with Crippen molar-refractivity contribution >= 4 is 5.91 Å². The fraction of sp³-hybridized carbons (Fsp3) is 0.444. The molecule has 5 heteroatoms. The summed E-state index contributed by atoms with van der Waals surface area (Å²) in [4.78, 5) is 15.0. The molecule has 0 unspecified atom stereocenters. The number of fused-ring (bicyclic) bond motifs is 1. The lowest BCUT2D eigenvalue weighted by atomic mass is 9.99. The summed E-state index contributed by atoms with van der Waals surface area (Å²) in [6.07, 6.45) is 7.04. The summed E-state index contributed by atoms with van der Waals surface area (Å²) < 4.78 is 7.37. The van der Waals surface area contributed by atoms with Gasteiger partial charge >= 0.3 is 0 Å². The summed E-state index contributed by atoms with van der Waals surface area (Å²) in [5.41, 5.74) is 3.13. The Balaban J connectivity index is 1.55. The SMILES string of the molecule is O=C(c1ccc2c(c1)COC2)N1CCCC[C@H]1Cn1cccn1. The normalized spacial score (nSPS) is 20.5. The van der Waals surface area contributed by atoms with Crippen LogP contribution in [-0.4, -0.2) is 33.2 Å². The van der Waals surface area contributed by atoms with Crippen molar-refractivity contribution < 1.29 is 9.53 Å². The van der Waals surface area contributed by atoms with Crippen LogP contribution in [0.5, 0.6) is 0 Å². The van der Waals surface area contributed by atoms with E-state index in [0.717, 1.165) is 37.1 Å². The fourth-order valence-electron chi connectivity index (χ4n) is 3.55. The highest BCUT2D eigenvalue weighted by Gasteiger charge is 2.28. The van der Waals surface area contributed by atoms with Gasteiger partial charge in [-0.15, -0.1) is 0 Å². The van der Waals surface area contributed by atoms with Gasteiger partial charge in [0, 0.05) is 24.5 Å². The largest absolute Gasteiger partial charge is 0.372 e. The molecule has 0 spiro atoms. The Bertz CT molecular complexity index is 696. The maximum atomic E-state index is 13.0. The number of carbonyl (C=O) groups excluding carboxylic acids is 1. The molecule has 120 valence electrons. The molecule has 1 aromatic heterocycles. The number of benzene rings is 1. The zero-order chi connectivity index (χ0) is 15.6. The Morgan fingerprint density at radius 3 is 3.04 bits per heavy atom. The third kappa shape index (κ3) is 2.88. The van der Waals surface area contributed by atoms with Gasteiger partial charge in [0.15, 0.2) is 0 Å². The summed E-state index contributed by atoms with van der Waals surface area (Å²) in [6, 6.07) is 8.12. The van der Waals surface area contributed by atoms with Crippen LogP contribution < -0.4 is 0 Å². The first-order chi connectivity index (χ1) is 11.3. The molecule has 1 aromatic carbocycles. The molecule has 1 saturated heterocycles. The molecule has 23 heavy (non-hydrogen) atoms. The van der Waals surface area contributed by atoms with Gasteiger partial charge < -0.3 is 9.64 Å². The lowest BCUT2D eigenvalue weighted by molar-refractivity contribution is 0.0583. The maximum absolute atomic E-state index is 13.0. The second kappa shape index (κ2) is 6.16. The Morgan fingerprint density at radius 1 is 1.26 bits per heavy atom. The summed E-state index contributed by atoms with van der Waals surface area (Å²) >= 11 is 0. The number of hydrogen-bond donors (Lipinski definition) is 0. The highest BCUT2D eigenvalue weighted by atomic mass is 16.5.